The van der Waals surface area contributed by atoms with Crippen LogP contribution in [0.2, 0.25) is 0 Å². The number of anilines is 1. The van der Waals surface area contributed by atoms with Crippen LogP contribution in [0.4, 0.5) is 5.69 Å². The van der Waals surface area contributed by atoms with Gasteiger partial charge in [-0.15, -0.1) is 0 Å². The van der Waals surface area contributed by atoms with Crippen molar-refractivity contribution in [3.8, 4) is 6.07 Å². The molecular weight excluding hydrogens is 192 g/mol. The molecule has 0 aliphatic carbocycles. The van der Waals surface area contributed by atoms with E-state index in [1.807, 2.05) is 6.07 Å². The van der Waals surface area contributed by atoms with E-state index in [0.717, 1.165) is 0 Å². The lowest BCUT2D eigenvalue weighted by Crippen LogP contribution is -1.93. The van der Waals surface area contributed by atoms with E-state index in [1.54, 1.807) is 24.3 Å². The van der Waals surface area contributed by atoms with Crippen molar-refractivity contribution in [1.82, 2.24) is 0 Å². The SMILES string of the molecule is N#Cc1c(N)cccc1C=CCC(=O)O. The summed E-state index contributed by atoms with van der Waals surface area (Å²) in [5, 5.41) is 17.3. The van der Waals surface area contributed by atoms with Gasteiger partial charge in [0, 0.05) is 0 Å². The number of carboxylic acid groups (broad SMARTS) is 1. The number of rotatable bonds is 3. The highest BCUT2D eigenvalue weighted by atomic mass is 16.4. The van der Waals surface area contributed by atoms with E-state index in [9.17, 15) is 4.79 Å². The van der Waals surface area contributed by atoms with E-state index >= 15 is 0 Å². The third-order valence-corrected chi connectivity index (χ3v) is 1.83. The van der Waals surface area contributed by atoms with Crippen LogP contribution >= 0.6 is 0 Å². The van der Waals surface area contributed by atoms with Crippen molar-refractivity contribution in [3.63, 3.8) is 0 Å². The summed E-state index contributed by atoms with van der Waals surface area (Å²) in [6.45, 7) is 0. The number of nitrogens with two attached hydrogens (primary N) is 1. The van der Waals surface area contributed by atoms with Crippen LogP contribution in [-0.2, 0) is 4.79 Å². The van der Waals surface area contributed by atoms with Crippen LogP contribution in [0.3, 0.4) is 0 Å². The van der Waals surface area contributed by atoms with Crippen LogP contribution in [0.5, 0.6) is 0 Å². The zero-order chi connectivity index (χ0) is 11.3. The third-order valence-electron chi connectivity index (χ3n) is 1.83. The molecule has 0 unspecified atom stereocenters. The lowest BCUT2D eigenvalue weighted by molar-refractivity contribution is -0.135. The number of nitriles is 1. The van der Waals surface area contributed by atoms with Crippen LogP contribution in [0.15, 0.2) is 24.3 Å². The summed E-state index contributed by atoms with van der Waals surface area (Å²) in [6.07, 6.45) is 3.00. The molecule has 0 aromatic heterocycles. The molecule has 76 valence electrons. The van der Waals surface area contributed by atoms with Crippen LogP contribution in [0.1, 0.15) is 17.5 Å². The fourth-order valence-electron chi connectivity index (χ4n) is 1.14. The average molecular weight is 202 g/mol. The Balaban J connectivity index is 2.96. The quantitative estimate of drug-likeness (QED) is 0.729. The van der Waals surface area contributed by atoms with Crippen LogP contribution in [-0.4, -0.2) is 11.1 Å². The summed E-state index contributed by atoms with van der Waals surface area (Å²) in [6, 6.07) is 7.04. The predicted molar refractivity (Wildman–Crippen MR) is 56.9 cm³/mol. The predicted octanol–water partition coefficient (Wildman–Crippen LogP) is 1.63. The zero-order valence-electron chi connectivity index (χ0n) is 7.97. The van der Waals surface area contributed by atoms with Gasteiger partial charge in [-0.1, -0.05) is 24.3 Å². The van der Waals surface area contributed by atoms with Gasteiger partial charge in [-0.2, -0.15) is 5.26 Å². The van der Waals surface area contributed by atoms with Gasteiger partial charge in [0.2, 0.25) is 0 Å². The molecule has 0 radical (unpaired) electrons. The molecule has 1 rings (SSSR count). The van der Waals surface area contributed by atoms with Crippen molar-refractivity contribution < 1.29 is 9.90 Å². The molecule has 1 aromatic carbocycles. The van der Waals surface area contributed by atoms with E-state index in [4.69, 9.17) is 16.1 Å². The molecule has 0 fully saturated rings. The van der Waals surface area contributed by atoms with Crippen molar-refractivity contribution in [1.29, 1.82) is 5.26 Å². The van der Waals surface area contributed by atoms with Crippen molar-refractivity contribution in [2.45, 2.75) is 6.42 Å². The van der Waals surface area contributed by atoms with Crippen molar-refractivity contribution in [3.05, 3.63) is 35.4 Å². The molecule has 1 aromatic rings. The smallest absolute Gasteiger partial charge is 0.307 e. The second-order valence-corrected chi connectivity index (χ2v) is 2.92. The molecule has 0 atom stereocenters. The summed E-state index contributed by atoms with van der Waals surface area (Å²) < 4.78 is 0. The van der Waals surface area contributed by atoms with Crippen LogP contribution in [0.25, 0.3) is 6.08 Å². The molecule has 0 saturated heterocycles. The first-order valence-electron chi connectivity index (χ1n) is 4.32. The Hall–Kier alpha value is -2.28. The lowest BCUT2D eigenvalue weighted by Gasteiger charge is -2.00. The molecule has 0 bridgehead atoms. The summed E-state index contributed by atoms with van der Waals surface area (Å²) in [5.41, 5.74) is 7.00. The second kappa shape index (κ2) is 4.82. The van der Waals surface area contributed by atoms with Crippen molar-refractivity contribution >= 4 is 17.7 Å². The highest BCUT2D eigenvalue weighted by molar-refractivity contribution is 5.72. The maximum Gasteiger partial charge on any atom is 0.307 e. The highest BCUT2D eigenvalue weighted by Gasteiger charge is 2.01. The maximum atomic E-state index is 10.3. The van der Waals surface area contributed by atoms with Gasteiger partial charge >= 0.3 is 5.97 Å². The van der Waals surface area contributed by atoms with Gasteiger partial charge in [-0.25, -0.2) is 0 Å². The normalized spacial score (nSPS) is 10.1. The minimum absolute atomic E-state index is 0.0698. The number of benzene rings is 1. The number of nitrogens with zero attached hydrogens (tertiary/aromatic N) is 1. The Kier molecular flexibility index (Phi) is 3.47. The van der Waals surface area contributed by atoms with Gasteiger partial charge in [0.25, 0.3) is 0 Å². The zero-order valence-corrected chi connectivity index (χ0v) is 7.97. The van der Waals surface area contributed by atoms with E-state index in [1.165, 1.54) is 6.08 Å². The molecule has 0 spiro atoms. The van der Waals surface area contributed by atoms with E-state index < -0.39 is 5.97 Å². The molecule has 15 heavy (non-hydrogen) atoms. The Morgan fingerprint density at radius 1 is 1.60 bits per heavy atom. The molecule has 0 amide bonds. The molecule has 0 aliphatic rings. The lowest BCUT2D eigenvalue weighted by atomic mass is 10.1. The highest BCUT2D eigenvalue weighted by Crippen LogP contribution is 2.17. The minimum atomic E-state index is -0.909. The number of carbonyl (C=O) groups is 1. The number of aliphatic carboxylic acids is 1. The molecular formula is C11H10N2O2. The maximum absolute atomic E-state index is 10.3. The molecule has 4 nitrogen and oxygen atoms in total. The summed E-state index contributed by atoms with van der Waals surface area (Å²) >= 11 is 0. The Bertz CT molecular complexity index is 444. The van der Waals surface area contributed by atoms with E-state index in [0.29, 0.717) is 16.8 Å². The largest absolute Gasteiger partial charge is 0.481 e. The second-order valence-electron chi connectivity index (χ2n) is 2.92. The first-order chi connectivity index (χ1) is 7.15. The molecule has 3 N–H and O–H groups in total. The van der Waals surface area contributed by atoms with Gasteiger partial charge in [-0.05, 0) is 11.6 Å². The number of carboxylic acids is 1. The molecule has 0 heterocycles. The van der Waals surface area contributed by atoms with Crippen molar-refractivity contribution in [2.75, 3.05) is 5.73 Å². The molecule has 0 aliphatic heterocycles. The summed E-state index contributed by atoms with van der Waals surface area (Å²) in [7, 11) is 0. The molecule has 0 saturated carbocycles. The van der Waals surface area contributed by atoms with Gasteiger partial charge < -0.3 is 10.8 Å². The Morgan fingerprint density at radius 2 is 2.33 bits per heavy atom. The van der Waals surface area contributed by atoms with Crippen LogP contribution < -0.4 is 5.73 Å². The average Bonchev–Trinajstić information content (AvgIpc) is 2.17. The van der Waals surface area contributed by atoms with Gasteiger partial charge in [0.05, 0.1) is 17.7 Å². The monoisotopic (exact) mass is 202 g/mol. The first kappa shape index (κ1) is 10.8. The van der Waals surface area contributed by atoms with Gasteiger partial charge in [-0.3, -0.25) is 4.79 Å². The third kappa shape index (κ3) is 2.85. The van der Waals surface area contributed by atoms with Gasteiger partial charge in [0.1, 0.15) is 6.07 Å². The standard InChI is InChI=1S/C11H10N2O2/c12-7-9-8(3-1-5-10(9)13)4-2-6-11(14)15/h1-5H,6,13H2,(H,14,15). The fourth-order valence-corrected chi connectivity index (χ4v) is 1.14. The Morgan fingerprint density at radius 3 is 2.93 bits per heavy atom. The van der Waals surface area contributed by atoms with Crippen molar-refractivity contribution in [2.24, 2.45) is 0 Å². The van der Waals surface area contributed by atoms with E-state index in [2.05, 4.69) is 0 Å². The number of hydrogen-bond donors (Lipinski definition) is 2. The first-order valence-corrected chi connectivity index (χ1v) is 4.32. The van der Waals surface area contributed by atoms with E-state index in [-0.39, 0.29) is 6.42 Å². The Labute approximate surface area is 87.3 Å². The van der Waals surface area contributed by atoms with Gasteiger partial charge in [0.15, 0.2) is 0 Å². The minimum Gasteiger partial charge on any atom is -0.481 e. The summed E-state index contributed by atoms with van der Waals surface area (Å²) in [4.78, 5) is 10.3. The molecule has 4 heteroatoms. The number of hydrogen-bond acceptors (Lipinski definition) is 3. The number of nitrogen functional groups attached to an aromatic ring is 1. The summed E-state index contributed by atoms with van der Waals surface area (Å²) in [5.74, 6) is -0.909. The topological polar surface area (TPSA) is 87.1 Å². The fraction of sp³-hybridized carbons (Fsp3) is 0.0909. The van der Waals surface area contributed by atoms with Crippen LogP contribution in [0, 0.1) is 11.3 Å².